The van der Waals surface area contributed by atoms with E-state index < -0.39 is 0 Å². The molecule has 5 aromatic rings. The maximum atomic E-state index is 12.9. The molecule has 0 aliphatic heterocycles. The number of anilines is 1. The minimum atomic E-state index is -0.157. The summed E-state index contributed by atoms with van der Waals surface area (Å²) in [6.07, 6.45) is 3.33. The third-order valence-electron chi connectivity index (χ3n) is 4.59. The van der Waals surface area contributed by atoms with Crippen LogP contribution in [0.15, 0.2) is 89.6 Å². The van der Waals surface area contributed by atoms with Crippen LogP contribution in [0.25, 0.3) is 33.3 Å². The van der Waals surface area contributed by atoms with Crippen LogP contribution in [0.5, 0.6) is 0 Å². The Balaban J connectivity index is 1.47. The number of nitrogens with one attached hydrogen (secondary N) is 1. The van der Waals surface area contributed by atoms with Crippen molar-refractivity contribution in [2.75, 3.05) is 5.32 Å². The molecule has 0 saturated heterocycles. The van der Waals surface area contributed by atoms with Crippen molar-refractivity contribution in [1.29, 1.82) is 0 Å². The van der Waals surface area contributed by atoms with E-state index in [0.717, 1.165) is 16.3 Å². The average Bonchev–Trinajstić information content (AvgIpc) is 3.18. The van der Waals surface area contributed by atoms with Crippen LogP contribution in [0.4, 0.5) is 5.69 Å². The summed E-state index contributed by atoms with van der Waals surface area (Å²) in [5.41, 5.74) is 3.47. The average molecular weight is 365 g/mol. The fourth-order valence-corrected chi connectivity index (χ4v) is 3.26. The molecule has 5 heteroatoms. The second kappa shape index (κ2) is 6.63. The lowest BCUT2D eigenvalue weighted by Gasteiger charge is -2.09. The highest BCUT2D eigenvalue weighted by Gasteiger charge is 2.12. The minimum absolute atomic E-state index is 0.157. The van der Waals surface area contributed by atoms with Crippen LogP contribution in [-0.2, 0) is 0 Å². The van der Waals surface area contributed by atoms with Crippen molar-refractivity contribution < 1.29 is 9.21 Å². The first kappa shape index (κ1) is 16.2. The molecule has 134 valence electrons. The first-order valence-electron chi connectivity index (χ1n) is 8.88. The van der Waals surface area contributed by atoms with E-state index in [1.165, 1.54) is 0 Å². The summed E-state index contributed by atoms with van der Waals surface area (Å²) in [6, 6.07) is 22.8. The summed E-state index contributed by atoms with van der Waals surface area (Å²) in [5, 5.41) is 4.93. The van der Waals surface area contributed by atoms with Crippen molar-refractivity contribution in [3.05, 3.63) is 90.8 Å². The lowest BCUT2D eigenvalue weighted by molar-refractivity contribution is 0.102. The Hall–Kier alpha value is -3.99. The van der Waals surface area contributed by atoms with E-state index in [4.69, 9.17) is 4.42 Å². The fourth-order valence-electron chi connectivity index (χ4n) is 3.26. The molecule has 0 aliphatic rings. The Morgan fingerprint density at radius 2 is 1.79 bits per heavy atom. The predicted molar refractivity (Wildman–Crippen MR) is 109 cm³/mol. The number of hydrogen-bond acceptors (Lipinski definition) is 4. The molecule has 0 atom stereocenters. The van der Waals surface area contributed by atoms with E-state index in [1.54, 1.807) is 18.5 Å². The quantitative estimate of drug-likeness (QED) is 0.471. The molecule has 0 bridgehead atoms. The number of carbonyl (C=O) groups is 1. The molecule has 1 N–H and O–H groups in total. The van der Waals surface area contributed by atoms with Crippen LogP contribution in [0.3, 0.4) is 0 Å². The largest absolute Gasteiger partial charge is 0.436 e. The summed E-state index contributed by atoms with van der Waals surface area (Å²) in [5.74, 6) is 0.333. The van der Waals surface area contributed by atoms with Gasteiger partial charge in [-0.15, -0.1) is 0 Å². The van der Waals surface area contributed by atoms with Gasteiger partial charge in [-0.2, -0.15) is 0 Å². The van der Waals surface area contributed by atoms with E-state index in [-0.39, 0.29) is 5.91 Å². The highest BCUT2D eigenvalue weighted by Crippen LogP contribution is 2.26. The summed E-state index contributed by atoms with van der Waals surface area (Å²) in [6.45, 7) is 0. The van der Waals surface area contributed by atoms with Crippen molar-refractivity contribution in [3.8, 4) is 11.5 Å². The Bertz CT molecular complexity index is 1290. The first-order valence-corrected chi connectivity index (χ1v) is 8.88. The van der Waals surface area contributed by atoms with E-state index in [9.17, 15) is 4.79 Å². The number of rotatable bonds is 3. The molecule has 1 amide bonds. The zero-order chi connectivity index (χ0) is 18.9. The van der Waals surface area contributed by atoms with Crippen LogP contribution in [-0.4, -0.2) is 15.9 Å². The smallest absolute Gasteiger partial charge is 0.256 e. The number of aromatic nitrogens is 2. The molecule has 28 heavy (non-hydrogen) atoms. The van der Waals surface area contributed by atoms with Crippen molar-refractivity contribution in [1.82, 2.24) is 9.97 Å². The predicted octanol–water partition coefficient (Wildman–Crippen LogP) is 5.30. The van der Waals surface area contributed by atoms with Crippen LogP contribution in [0, 0.1) is 0 Å². The third-order valence-corrected chi connectivity index (χ3v) is 4.59. The number of oxazole rings is 1. The van der Waals surface area contributed by atoms with Gasteiger partial charge in [0.1, 0.15) is 5.52 Å². The Kier molecular flexibility index (Phi) is 3.84. The number of pyridine rings is 1. The fraction of sp³-hybridized carbons (Fsp3) is 0. The number of fused-ring (bicyclic) bond motifs is 2. The third kappa shape index (κ3) is 2.89. The summed E-state index contributed by atoms with van der Waals surface area (Å²) < 4.78 is 5.79. The maximum Gasteiger partial charge on any atom is 0.256 e. The van der Waals surface area contributed by atoms with Gasteiger partial charge in [-0.05, 0) is 35.0 Å². The van der Waals surface area contributed by atoms with Crippen molar-refractivity contribution in [2.45, 2.75) is 0 Å². The molecule has 0 radical (unpaired) electrons. The van der Waals surface area contributed by atoms with Crippen molar-refractivity contribution >= 4 is 33.5 Å². The first-order chi connectivity index (χ1) is 13.8. The zero-order valence-corrected chi connectivity index (χ0v) is 14.8. The van der Waals surface area contributed by atoms with Gasteiger partial charge in [0.15, 0.2) is 5.58 Å². The molecule has 2 aromatic heterocycles. The van der Waals surface area contributed by atoms with Gasteiger partial charge in [0, 0.05) is 29.1 Å². The summed E-state index contributed by atoms with van der Waals surface area (Å²) in [7, 11) is 0. The summed E-state index contributed by atoms with van der Waals surface area (Å²) in [4.78, 5) is 21.4. The molecule has 5 nitrogen and oxygen atoms in total. The molecule has 3 aromatic carbocycles. The van der Waals surface area contributed by atoms with E-state index in [0.29, 0.717) is 28.2 Å². The molecule has 2 heterocycles. The van der Waals surface area contributed by atoms with Crippen molar-refractivity contribution in [3.63, 3.8) is 0 Å². The number of benzene rings is 3. The van der Waals surface area contributed by atoms with Crippen LogP contribution in [0.2, 0.25) is 0 Å². The molecular weight excluding hydrogens is 350 g/mol. The lowest BCUT2D eigenvalue weighted by atomic mass is 10.0. The minimum Gasteiger partial charge on any atom is -0.436 e. The van der Waals surface area contributed by atoms with Gasteiger partial charge in [0.25, 0.3) is 5.91 Å². The number of hydrogen-bond donors (Lipinski definition) is 1. The van der Waals surface area contributed by atoms with Crippen LogP contribution >= 0.6 is 0 Å². The monoisotopic (exact) mass is 365 g/mol. The topological polar surface area (TPSA) is 68.0 Å². The highest BCUT2D eigenvalue weighted by molar-refractivity contribution is 6.13. The summed E-state index contributed by atoms with van der Waals surface area (Å²) >= 11 is 0. The molecule has 0 aliphatic carbocycles. The Morgan fingerprint density at radius 1 is 0.929 bits per heavy atom. The van der Waals surface area contributed by atoms with Crippen LogP contribution in [0.1, 0.15) is 10.4 Å². The Labute approximate surface area is 160 Å². The van der Waals surface area contributed by atoms with E-state index >= 15 is 0 Å². The van der Waals surface area contributed by atoms with Gasteiger partial charge < -0.3 is 9.73 Å². The van der Waals surface area contributed by atoms with E-state index in [1.807, 2.05) is 66.7 Å². The highest BCUT2D eigenvalue weighted by atomic mass is 16.3. The van der Waals surface area contributed by atoms with Gasteiger partial charge in [-0.1, -0.05) is 42.5 Å². The van der Waals surface area contributed by atoms with Gasteiger partial charge in [-0.25, -0.2) is 4.98 Å². The zero-order valence-electron chi connectivity index (χ0n) is 14.8. The van der Waals surface area contributed by atoms with Crippen LogP contribution < -0.4 is 5.32 Å². The normalized spacial score (nSPS) is 11.0. The van der Waals surface area contributed by atoms with Gasteiger partial charge in [0.2, 0.25) is 5.89 Å². The number of nitrogens with zero attached hydrogens (tertiary/aromatic N) is 2. The second-order valence-corrected chi connectivity index (χ2v) is 6.42. The van der Waals surface area contributed by atoms with Gasteiger partial charge in [0.05, 0.1) is 6.20 Å². The standard InChI is InChI=1S/C23H15N3O2/c27-22(19-10-4-6-15-5-1-2-9-18(15)19)25-17-8-3-7-16(13-17)23-26-20-14-24-12-11-21(20)28-23/h1-14H,(H,25,27). The SMILES string of the molecule is O=C(Nc1cccc(-c2nc3cnccc3o2)c1)c1cccc2ccccc12. The molecule has 5 rings (SSSR count). The molecule has 0 spiro atoms. The van der Waals surface area contributed by atoms with Gasteiger partial charge >= 0.3 is 0 Å². The number of carbonyl (C=O) groups excluding carboxylic acids is 1. The molecule has 0 unspecified atom stereocenters. The molecule has 0 saturated carbocycles. The Morgan fingerprint density at radius 3 is 2.71 bits per heavy atom. The molecular formula is C23H15N3O2. The van der Waals surface area contributed by atoms with E-state index in [2.05, 4.69) is 15.3 Å². The lowest BCUT2D eigenvalue weighted by Crippen LogP contribution is -2.12. The van der Waals surface area contributed by atoms with Crippen molar-refractivity contribution in [2.24, 2.45) is 0 Å². The second-order valence-electron chi connectivity index (χ2n) is 6.42. The maximum absolute atomic E-state index is 12.9. The van der Waals surface area contributed by atoms with Gasteiger partial charge in [-0.3, -0.25) is 9.78 Å². The molecule has 0 fully saturated rings. The number of amides is 1.